The van der Waals surface area contributed by atoms with E-state index in [9.17, 15) is 17.5 Å². The van der Waals surface area contributed by atoms with Gasteiger partial charge in [0.05, 0.1) is 13.0 Å². The third kappa shape index (κ3) is 1.97. The van der Waals surface area contributed by atoms with Gasteiger partial charge in [0.25, 0.3) is 0 Å². The van der Waals surface area contributed by atoms with Gasteiger partial charge < -0.3 is 0 Å². The van der Waals surface area contributed by atoms with E-state index in [0.717, 1.165) is 0 Å². The van der Waals surface area contributed by atoms with Gasteiger partial charge in [-0.3, -0.25) is 4.52 Å². The van der Waals surface area contributed by atoms with Gasteiger partial charge in [0.2, 0.25) is 0 Å². The molecule has 0 amide bonds. The van der Waals surface area contributed by atoms with Crippen LogP contribution in [0.3, 0.4) is 0 Å². The Hall–Kier alpha value is -0.0600. The van der Waals surface area contributed by atoms with Crippen molar-refractivity contribution in [3.63, 3.8) is 0 Å². The molecule has 1 atom stereocenters. The van der Waals surface area contributed by atoms with E-state index in [0.29, 0.717) is 0 Å². The number of hydrogen-bond donors (Lipinski definition) is 0. The van der Waals surface area contributed by atoms with E-state index in [1.54, 1.807) is 0 Å². The lowest BCUT2D eigenvalue weighted by atomic mass is 10.4. The fraction of sp³-hybridized carbons (Fsp3) is 1.00. The Morgan fingerprint density at radius 1 is 1.50 bits per heavy atom. The molecule has 0 radical (unpaired) electrons. The normalized spacial score (nSPS) is 39.5. The molecule has 1 saturated heterocycles. The average Bonchev–Trinajstić information content (AvgIpc) is 1.56. The molecule has 3 nitrogen and oxygen atoms in total. The second-order valence-electron chi connectivity index (χ2n) is 1.74. The predicted molar refractivity (Wildman–Crippen MR) is 25.3 cm³/mol. The fourth-order valence-electron chi connectivity index (χ4n) is 0.505. The third-order valence-electron chi connectivity index (χ3n) is 0.881. The molecule has 7 heteroatoms. The summed E-state index contributed by atoms with van der Waals surface area (Å²) in [5.74, 6) is 0. The minimum Gasteiger partial charge on any atom is -0.283 e. The molecule has 1 aliphatic rings. The molecule has 0 aliphatic carbocycles. The van der Waals surface area contributed by atoms with Crippen molar-refractivity contribution in [2.45, 2.75) is 12.5 Å². The lowest BCUT2D eigenvalue weighted by molar-refractivity contribution is -0.211. The van der Waals surface area contributed by atoms with E-state index in [4.69, 9.17) is 0 Å². The van der Waals surface area contributed by atoms with Crippen LogP contribution in [0.5, 0.6) is 0 Å². The van der Waals surface area contributed by atoms with E-state index in [2.05, 4.69) is 9.05 Å². The molecule has 10 heavy (non-hydrogen) atoms. The number of halogens is 3. The minimum atomic E-state index is -4.96. The molecule has 60 valence electrons. The lowest BCUT2D eigenvalue weighted by Gasteiger charge is -2.23. The zero-order valence-corrected chi connectivity index (χ0v) is 5.61. The highest BCUT2D eigenvalue weighted by Gasteiger charge is 2.45. The van der Waals surface area contributed by atoms with E-state index in [1.165, 1.54) is 0 Å². The SMILES string of the molecule is O=P1(F)OCCC(F)(F)O1. The Labute approximate surface area is 54.8 Å². The van der Waals surface area contributed by atoms with Gasteiger partial charge in [-0.15, -0.1) is 4.20 Å². The van der Waals surface area contributed by atoms with Gasteiger partial charge in [-0.1, -0.05) is 0 Å². The van der Waals surface area contributed by atoms with Crippen molar-refractivity contribution in [2.75, 3.05) is 6.61 Å². The van der Waals surface area contributed by atoms with Gasteiger partial charge >= 0.3 is 14.0 Å². The van der Waals surface area contributed by atoms with Gasteiger partial charge in [-0.2, -0.15) is 8.78 Å². The first-order chi connectivity index (χ1) is 4.41. The standard InChI is InChI=1S/C3H4F3O3P/c4-3(5)1-2-8-10(6,7)9-3/h1-2H2. The molecule has 1 rings (SSSR count). The van der Waals surface area contributed by atoms with Crippen LogP contribution in [-0.2, 0) is 13.6 Å². The fourth-order valence-corrected chi connectivity index (χ4v) is 1.28. The van der Waals surface area contributed by atoms with Gasteiger partial charge in [-0.05, 0) is 0 Å². The highest BCUT2D eigenvalue weighted by atomic mass is 31.2. The summed E-state index contributed by atoms with van der Waals surface area (Å²) < 4.78 is 53.0. The topological polar surface area (TPSA) is 35.5 Å². The smallest absolute Gasteiger partial charge is 0.283 e. The first-order valence-corrected chi connectivity index (χ1v) is 3.87. The zero-order chi connectivity index (χ0) is 7.83. The monoisotopic (exact) mass is 176 g/mol. The van der Waals surface area contributed by atoms with Gasteiger partial charge in [-0.25, -0.2) is 9.09 Å². The molecule has 0 bridgehead atoms. The number of rotatable bonds is 0. The quantitative estimate of drug-likeness (QED) is 0.530. The van der Waals surface area contributed by atoms with Crippen LogP contribution in [0.25, 0.3) is 0 Å². The Morgan fingerprint density at radius 3 is 2.40 bits per heavy atom. The second-order valence-corrected chi connectivity index (χ2v) is 3.04. The predicted octanol–water partition coefficient (Wildman–Crippen LogP) is 2.09. The van der Waals surface area contributed by atoms with Crippen molar-refractivity contribution in [1.29, 1.82) is 0 Å². The van der Waals surface area contributed by atoms with Crippen LogP contribution in [0, 0.1) is 0 Å². The van der Waals surface area contributed by atoms with Crippen LogP contribution < -0.4 is 0 Å². The van der Waals surface area contributed by atoms with Crippen molar-refractivity contribution in [1.82, 2.24) is 0 Å². The highest BCUT2D eigenvalue weighted by Crippen LogP contribution is 2.57. The average molecular weight is 176 g/mol. The van der Waals surface area contributed by atoms with Gasteiger partial charge in [0, 0.05) is 0 Å². The molecule has 1 aliphatic heterocycles. The largest absolute Gasteiger partial charge is 0.517 e. The number of alkyl halides is 2. The number of hydrogen-bond acceptors (Lipinski definition) is 3. The summed E-state index contributed by atoms with van der Waals surface area (Å²) in [5, 5.41) is 0. The van der Waals surface area contributed by atoms with Crippen LogP contribution in [0.2, 0.25) is 0 Å². The molecule has 1 unspecified atom stereocenters. The molecular weight excluding hydrogens is 172 g/mol. The van der Waals surface area contributed by atoms with Gasteiger partial charge in [0.1, 0.15) is 0 Å². The highest BCUT2D eigenvalue weighted by molar-refractivity contribution is 7.48. The summed E-state index contributed by atoms with van der Waals surface area (Å²) in [6, 6.07) is 0. The van der Waals surface area contributed by atoms with E-state index in [1.807, 2.05) is 0 Å². The molecule has 0 N–H and O–H groups in total. The van der Waals surface area contributed by atoms with Crippen molar-refractivity contribution in [3.05, 3.63) is 0 Å². The first-order valence-electron chi connectivity index (χ1n) is 2.44. The van der Waals surface area contributed by atoms with Crippen molar-refractivity contribution >= 4 is 7.91 Å². The van der Waals surface area contributed by atoms with Crippen molar-refractivity contribution in [2.24, 2.45) is 0 Å². The summed E-state index contributed by atoms with van der Waals surface area (Å²) in [6.07, 6.45) is -4.41. The molecule has 0 saturated carbocycles. The summed E-state index contributed by atoms with van der Waals surface area (Å²) in [7, 11) is -4.96. The summed E-state index contributed by atoms with van der Waals surface area (Å²) >= 11 is 0. The maximum atomic E-state index is 12.0. The molecule has 1 fully saturated rings. The Morgan fingerprint density at radius 2 is 2.10 bits per heavy atom. The maximum Gasteiger partial charge on any atom is 0.517 e. The minimum absolute atomic E-state index is 0.583. The molecule has 1 heterocycles. The van der Waals surface area contributed by atoms with Crippen molar-refractivity contribution in [3.8, 4) is 0 Å². The second kappa shape index (κ2) is 2.22. The Kier molecular flexibility index (Phi) is 1.78. The van der Waals surface area contributed by atoms with Crippen LogP contribution in [-0.4, -0.2) is 12.7 Å². The van der Waals surface area contributed by atoms with E-state index in [-0.39, 0.29) is 0 Å². The summed E-state index contributed by atoms with van der Waals surface area (Å²) in [6.45, 7) is -0.583. The van der Waals surface area contributed by atoms with Crippen LogP contribution in [0.15, 0.2) is 0 Å². The van der Waals surface area contributed by atoms with Gasteiger partial charge in [0.15, 0.2) is 0 Å². The third-order valence-corrected chi connectivity index (χ3v) is 1.86. The van der Waals surface area contributed by atoms with E-state index < -0.39 is 27.0 Å². The summed E-state index contributed by atoms with van der Waals surface area (Å²) in [4.78, 5) is 0. The first kappa shape index (κ1) is 8.04. The van der Waals surface area contributed by atoms with Crippen molar-refractivity contribution < 1.29 is 26.6 Å². The van der Waals surface area contributed by atoms with Crippen LogP contribution in [0.4, 0.5) is 13.0 Å². The Bertz CT molecular complexity index is 182. The molecule has 0 aromatic heterocycles. The summed E-state index contributed by atoms with van der Waals surface area (Å²) in [5.41, 5.74) is 0. The molecule has 0 aromatic carbocycles. The maximum absolute atomic E-state index is 12.0. The van der Waals surface area contributed by atoms with Crippen LogP contribution in [0.1, 0.15) is 6.42 Å². The lowest BCUT2D eigenvalue weighted by Crippen LogP contribution is -2.25. The van der Waals surface area contributed by atoms with Crippen LogP contribution >= 0.6 is 7.91 Å². The molecule has 0 aromatic rings. The zero-order valence-electron chi connectivity index (χ0n) is 4.72. The molecule has 0 spiro atoms. The molecular formula is C3H4F3O3P. The van der Waals surface area contributed by atoms with E-state index >= 15 is 0 Å². The Balaban J connectivity index is 2.66.